The quantitative estimate of drug-likeness (QED) is 0.205. The molecule has 0 saturated carbocycles. The van der Waals surface area contributed by atoms with E-state index in [2.05, 4.69) is 22.5 Å². The first-order valence-electron chi connectivity index (χ1n) is 11.1. The smallest absolute Gasteiger partial charge is 0.298 e. The van der Waals surface area contributed by atoms with E-state index in [9.17, 15) is 9.59 Å². The average Bonchev–Trinajstić information content (AvgIpc) is 3.13. The van der Waals surface area contributed by atoms with Crippen LogP contribution in [0.5, 0.6) is 11.5 Å². The number of rotatable bonds is 9. The number of imide groups is 1. The second-order valence-corrected chi connectivity index (χ2v) is 9.61. The fraction of sp³-hybridized carbons (Fsp3) is 0.143. The van der Waals surface area contributed by atoms with Crippen molar-refractivity contribution in [3.8, 4) is 11.5 Å². The minimum Gasteiger partial charge on any atom is -0.490 e. The Labute approximate surface area is 217 Å². The minimum absolute atomic E-state index is 0.321. The van der Waals surface area contributed by atoms with E-state index < -0.39 is 0 Å². The molecule has 3 aromatic carbocycles. The molecule has 1 saturated heterocycles. The summed E-state index contributed by atoms with van der Waals surface area (Å²) in [6.45, 7) is 6.62. The van der Waals surface area contributed by atoms with Crippen molar-refractivity contribution >= 4 is 50.6 Å². The van der Waals surface area contributed by atoms with E-state index in [1.165, 1.54) is 4.90 Å². The highest BCUT2D eigenvalue weighted by molar-refractivity contribution is 9.10. The van der Waals surface area contributed by atoms with Gasteiger partial charge in [-0.2, -0.15) is 0 Å². The van der Waals surface area contributed by atoms with Crippen LogP contribution in [0.1, 0.15) is 23.6 Å². The zero-order valence-corrected chi connectivity index (χ0v) is 21.6. The number of halogens is 1. The van der Waals surface area contributed by atoms with Crippen LogP contribution in [-0.4, -0.2) is 17.8 Å². The Kier molecular flexibility index (Phi) is 8.10. The monoisotopic (exact) mass is 549 g/mol. The number of amides is 2. The number of carbonyl (C=O) groups is 2. The van der Waals surface area contributed by atoms with Crippen molar-refractivity contribution in [1.29, 1.82) is 0 Å². The molecule has 0 spiro atoms. The molecule has 0 N–H and O–H groups in total. The van der Waals surface area contributed by atoms with E-state index in [0.717, 1.165) is 32.9 Å². The van der Waals surface area contributed by atoms with Crippen LogP contribution >= 0.6 is 27.7 Å². The molecule has 1 heterocycles. The van der Waals surface area contributed by atoms with Gasteiger partial charge in [0.05, 0.1) is 17.2 Å². The summed E-state index contributed by atoms with van der Waals surface area (Å²) in [5, 5.41) is -0.321. The standard InChI is InChI=1S/C28H24BrNO4S/c1-3-8-21-15-20(17-25-27(31)30(28(32)35-25)23-9-6-5-7-10-23)16-24(33-4-2)26(21)34-18-19-11-13-22(29)14-12-19/h3,5-7,9-17H,1,4,8,18H2,2H3/b25-17-. The summed E-state index contributed by atoms with van der Waals surface area (Å²) in [5.41, 5.74) is 3.22. The Hall–Kier alpha value is -3.29. The highest BCUT2D eigenvalue weighted by Gasteiger charge is 2.36. The Morgan fingerprint density at radius 1 is 1.03 bits per heavy atom. The summed E-state index contributed by atoms with van der Waals surface area (Å²) in [6.07, 6.45) is 4.08. The van der Waals surface area contributed by atoms with Crippen LogP contribution in [-0.2, 0) is 17.8 Å². The Balaban J connectivity index is 1.65. The fourth-order valence-corrected chi connectivity index (χ4v) is 4.76. The number of allylic oxidation sites excluding steroid dienone is 1. The largest absolute Gasteiger partial charge is 0.490 e. The Bertz CT molecular complexity index is 1270. The van der Waals surface area contributed by atoms with Crippen LogP contribution in [0.25, 0.3) is 6.08 Å². The van der Waals surface area contributed by atoms with Gasteiger partial charge in [-0.3, -0.25) is 9.59 Å². The second-order valence-electron chi connectivity index (χ2n) is 7.70. The molecule has 1 aliphatic heterocycles. The van der Waals surface area contributed by atoms with Crippen molar-refractivity contribution in [3.63, 3.8) is 0 Å². The molecule has 1 fully saturated rings. The van der Waals surface area contributed by atoms with Gasteiger partial charge in [-0.25, -0.2) is 4.90 Å². The van der Waals surface area contributed by atoms with Crippen LogP contribution in [0.4, 0.5) is 10.5 Å². The van der Waals surface area contributed by atoms with Crippen LogP contribution in [0, 0.1) is 0 Å². The molecular formula is C28H24BrNO4S. The van der Waals surface area contributed by atoms with Crippen molar-refractivity contribution in [2.75, 3.05) is 11.5 Å². The first-order valence-corrected chi connectivity index (χ1v) is 12.7. The molecule has 1 aliphatic rings. The lowest BCUT2D eigenvalue weighted by atomic mass is 10.0. The molecule has 35 heavy (non-hydrogen) atoms. The molecule has 5 nitrogen and oxygen atoms in total. The Morgan fingerprint density at radius 3 is 2.46 bits per heavy atom. The molecule has 2 amide bonds. The third-order valence-electron chi connectivity index (χ3n) is 5.22. The molecule has 0 unspecified atom stereocenters. The minimum atomic E-state index is -0.343. The van der Waals surface area contributed by atoms with Crippen LogP contribution in [0.15, 0.2) is 88.8 Å². The molecule has 178 valence electrons. The summed E-state index contributed by atoms with van der Waals surface area (Å²) in [7, 11) is 0. The third-order valence-corrected chi connectivity index (χ3v) is 6.62. The predicted octanol–water partition coefficient (Wildman–Crippen LogP) is 7.40. The molecule has 0 aromatic heterocycles. The summed E-state index contributed by atoms with van der Waals surface area (Å²) < 4.78 is 13.1. The van der Waals surface area contributed by atoms with E-state index in [-0.39, 0.29) is 11.1 Å². The number of carbonyl (C=O) groups excluding carboxylic acids is 2. The van der Waals surface area contributed by atoms with E-state index >= 15 is 0 Å². The molecule has 7 heteroatoms. The van der Waals surface area contributed by atoms with E-state index in [4.69, 9.17) is 9.47 Å². The summed E-state index contributed by atoms with van der Waals surface area (Å²) in [5.74, 6) is 0.881. The number of para-hydroxylation sites is 1. The maximum atomic E-state index is 13.0. The Morgan fingerprint density at radius 2 is 1.77 bits per heavy atom. The average molecular weight is 550 g/mol. The van der Waals surface area contributed by atoms with Gasteiger partial charge in [-0.05, 0) is 78.7 Å². The van der Waals surface area contributed by atoms with Gasteiger partial charge in [0, 0.05) is 10.0 Å². The molecule has 3 aromatic rings. The molecule has 0 atom stereocenters. The lowest BCUT2D eigenvalue weighted by Gasteiger charge is -2.17. The lowest BCUT2D eigenvalue weighted by molar-refractivity contribution is -0.113. The van der Waals surface area contributed by atoms with Gasteiger partial charge < -0.3 is 9.47 Å². The molecular weight excluding hydrogens is 526 g/mol. The number of thioether (sulfide) groups is 1. The first kappa shape index (κ1) is 24.8. The molecule has 0 radical (unpaired) electrons. The number of benzene rings is 3. The van der Waals surface area contributed by atoms with Crippen molar-refractivity contribution < 1.29 is 19.1 Å². The molecule has 0 aliphatic carbocycles. The van der Waals surface area contributed by atoms with Gasteiger partial charge in [0.25, 0.3) is 11.1 Å². The zero-order valence-electron chi connectivity index (χ0n) is 19.2. The zero-order chi connectivity index (χ0) is 24.8. The maximum Gasteiger partial charge on any atom is 0.298 e. The maximum absolute atomic E-state index is 13.0. The van der Waals surface area contributed by atoms with Gasteiger partial charge in [-0.1, -0.05) is 52.3 Å². The number of hydrogen-bond donors (Lipinski definition) is 0. The van der Waals surface area contributed by atoms with Gasteiger partial charge in [0.2, 0.25) is 0 Å². The van der Waals surface area contributed by atoms with Crippen LogP contribution in [0.2, 0.25) is 0 Å². The highest BCUT2D eigenvalue weighted by Crippen LogP contribution is 2.39. The molecule has 0 bridgehead atoms. The highest BCUT2D eigenvalue weighted by atomic mass is 79.9. The summed E-state index contributed by atoms with van der Waals surface area (Å²) >= 11 is 4.37. The van der Waals surface area contributed by atoms with Crippen molar-refractivity contribution in [2.45, 2.75) is 20.0 Å². The van der Waals surface area contributed by atoms with E-state index in [0.29, 0.717) is 41.7 Å². The molecule has 4 rings (SSSR count). The first-order chi connectivity index (χ1) is 17.0. The SMILES string of the molecule is C=CCc1cc(/C=C2\SC(=O)N(c3ccccc3)C2=O)cc(OCC)c1OCc1ccc(Br)cc1. The lowest BCUT2D eigenvalue weighted by Crippen LogP contribution is -2.27. The number of ether oxygens (including phenoxy) is 2. The topological polar surface area (TPSA) is 55.8 Å². The van der Waals surface area contributed by atoms with Crippen molar-refractivity contribution in [3.05, 3.63) is 105 Å². The van der Waals surface area contributed by atoms with Crippen molar-refractivity contribution in [2.24, 2.45) is 0 Å². The number of hydrogen-bond acceptors (Lipinski definition) is 5. The van der Waals surface area contributed by atoms with E-state index in [1.54, 1.807) is 36.4 Å². The van der Waals surface area contributed by atoms with E-state index in [1.807, 2.05) is 49.4 Å². The van der Waals surface area contributed by atoms with Crippen molar-refractivity contribution in [1.82, 2.24) is 0 Å². The van der Waals surface area contributed by atoms with Gasteiger partial charge in [0.15, 0.2) is 11.5 Å². The number of anilines is 1. The van der Waals surface area contributed by atoms with Gasteiger partial charge >= 0.3 is 0 Å². The van der Waals surface area contributed by atoms with Crippen LogP contribution in [0.3, 0.4) is 0 Å². The normalized spacial score (nSPS) is 14.5. The summed E-state index contributed by atoms with van der Waals surface area (Å²) in [6, 6.07) is 20.6. The third kappa shape index (κ3) is 5.86. The predicted molar refractivity (Wildman–Crippen MR) is 145 cm³/mol. The van der Waals surface area contributed by atoms with Gasteiger partial charge in [-0.15, -0.1) is 6.58 Å². The summed E-state index contributed by atoms with van der Waals surface area (Å²) in [4.78, 5) is 27.2. The fourth-order valence-electron chi connectivity index (χ4n) is 3.66. The van der Waals surface area contributed by atoms with Crippen LogP contribution < -0.4 is 14.4 Å². The number of nitrogens with zero attached hydrogens (tertiary/aromatic N) is 1. The van der Waals surface area contributed by atoms with Gasteiger partial charge in [0.1, 0.15) is 6.61 Å². The second kappa shape index (κ2) is 11.4.